The first-order valence-electron chi connectivity index (χ1n) is 6.97. The third-order valence-corrected chi connectivity index (χ3v) is 4.56. The van der Waals surface area contributed by atoms with Crippen molar-refractivity contribution in [1.82, 2.24) is 4.90 Å². The van der Waals surface area contributed by atoms with Gasteiger partial charge in [0.05, 0.1) is 11.2 Å². The molecule has 0 aromatic heterocycles. The summed E-state index contributed by atoms with van der Waals surface area (Å²) < 4.78 is 6.15. The second-order valence-corrected chi connectivity index (χ2v) is 6.76. The molecule has 2 N–H and O–H groups in total. The van der Waals surface area contributed by atoms with Crippen molar-refractivity contribution in [2.75, 3.05) is 13.1 Å². The monoisotopic (exact) mass is 240 g/mol. The van der Waals surface area contributed by atoms with Crippen LogP contribution in [0.4, 0.5) is 0 Å². The van der Waals surface area contributed by atoms with Crippen LogP contribution in [0.1, 0.15) is 47.5 Å². The summed E-state index contributed by atoms with van der Waals surface area (Å²) in [6.07, 6.45) is 2.72. The number of nitrogens with zero attached hydrogens (tertiary/aromatic N) is 1. The summed E-state index contributed by atoms with van der Waals surface area (Å²) in [5.41, 5.74) is 6.10. The average Bonchev–Trinajstić information content (AvgIpc) is 2.97. The van der Waals surface area contributed by atoms with Crippen molar-refractivity contribution in [2.45, 2.75) is 70.7 Å². The van der Waals surface area contributed by atoms with E-state index in [2.05, 4.69) is 39.5 Å². The molecule has 0 aromatic carbocycles. The summed E-state index contributed by atoms with van der Waals surface area (Å²) >= 11 is 0. The summed E-state index contributed by atoms with van der Waals surface area (Å²) in [5, 5.41) is 0. The lowest BCUT2D eigenvalue weighted by Crippen LogP contribution is -2.48. The average molecular weight is 240 g/mol. The van der Waals surface area contributed by atoms with Crippen LogP contribution in [0.25, 0.3) is 0 Å². The number of nitrogens with two attached hydrogens (primary N) is 1. The Bertz CT molecular complexity index is 284. The van der Waals surface area contributed by atoms with Crippen LogP contribution in [0.15, 0.2) is 0 Å². The van der Waals surface area contributed by atoms with Gasteiger partial charge in [0.25, 0.3) is 0 Å². The minimum Gasteiger partial charge on any atom is -0.368 e. The quantitative estimate of drug-likeness (QED) is 0.817. The Morgan fingerprint density at radius 1 is 1.18 bits per heavy atom. The predicted molar refractivity (Wildman–Crippen MR) is 71.0 cm³/mol. The molecule has 0 amide bonds. The van der Waals surface area contributed by atoms with E-state index in [4.69, 9.17) is 10.5 Å². The van der Waals surface area contributed by atoms with E-state index in [0.29, 0.717) is 5.92 Å². The Kier molecular flexibility index (Phi) is 3.30. The molecule has 2 aliphatic rings. The largest absolute Gasteiger partial charge is 0.368 e. The lowest BCUT2D eigenvalue weighted by Gasteiger charge is -2.32. The zero-order chi connectivity index (χ0) is 12.8. The number of rotatable bonds is 4. The van der Waals surface area contributed by atoms with Gasteiger partial charge in [0, 0.05) is 24.5 Å². The molecule has 3 nitrogen and oxygen atoms in total. The van der Waals surface area contributed by atoms with Gasteiger partial charge in [0.15, 0.2) is 0 Å². The SMILES string of the molecule is CCN(CC1C(N)C(C)(C)OC1(C)C)C1CC1. The summed E-state index contributed by atoms with van der Waals surface area (Å²) in [7, 11) is 0. The number of hydrogen-bond donors (Lipinski definition) is 1. The molecular weight excluding hydrogens is 212 g/mol. The summed E-state index contributed by atoms with van der Waals surface area (Å²) in [4.78, 5) is 2.58. The van der Waals surface area contributed by atoms with Crippen LogP contribution in [0.2, 0.25) is 0 Å². The molecule has 0 radical (unpaired) electrons. The normalized spacial score (nSPS) is 35.5. The molecule has 0 spiro atoms. The molecular formula is C14H28N2O. The van der Waals surface area contributed by atoms with Crippen LogP contribution in [0, 0.1) is 5.92 Å². The maximum atomic E-state index is 6.40. The summed E-state index contributed by atoms with van der Waals surface area (Å²) in [6.45, 7) is 13.1. The van der Waals surface area contributed by atoms with Gasteiger partial charge in [-0.25, -0.2) is 0 Å². The molecule has 0 bridgehead atoms. The number of ether oxygens (including phenoxy) is 1. The molecule has 2 atom stereocenters. The molecule has 3 heteroatoms. The lowest BCUT2D eigenvalue weighted by molar-refractivity contribution is -0.0785. The van der Waals surface area contributed by atoms with E-state index in [-0.39, 0.29) is 17.2 Å². The maximum Gasteiger partial charge on any atom is 0.0788 e. The van der Waals surface area contributed by atoms with Crippen molar-refractivity contribution < 1.29 is 4.74 Å². The van der Waals surface area contributed by atoms with Gasteiger partial charge >= 0.3 is 0 Å². The van der Waals surface area contributed by atoms with E-state index in [1.54, 1.807) is 0 Å². The van der Waals surface area contributed by atoms with Crippen molar-refractivity contribution >= 4 is 0 Å². The van der Waals surface area contributed by atoms with Gasteiger partial charge in [-0.3, -0.25) is 0 Å². The van der Waals surface area contributed by atoms with Gasteiger partial charge < -0.3 is 15.4 Å². The van der Waals surface area contributed by atoms with Gasteiger partial charge in [-0.15, -0.1) is 0 Å². The van der Waals surface area contributed by atoms with Crippen LogP contribution >= 0.6 is 0 Å². The molecule has 0 aromatic rings. The maximum absolute atomic E-state index is 6.40. The second kappa shape index (κ2) is 4.22. The zero-order valence-corrected chi connectivity index (χ0v) is 12.0. The molecule has 1 aliphatic carbocycles. The summed E-state index contributed by atoms with van der Waals surface area (Å²) in [6, 6.07) is 0.942. The van der Waals surface area contributed by atoms with Crippen LogP contribution in [0.5, 0.6) is 0 Å². The Hall–Kier alpha value is -0.120. The first-order valence-corrected chi connectivity index (χ1v) is 6.97. The van der Waals surface area contributed by atoms with Crippen molar-refractivity contribution in [3.8, 4) is 0 Å². The highest BCUT2D eigenvalue weighted by atomic mass is 16.5. The Morgan fingerprint density at radius 2 is 1.76 bits per heavy atom. The van der Waals surface area contributed by atoms with Crippen LogP contribution in [-0.2, 0) is 4.74 Å². The van der Waals surface area contributed by atoms with Gasteiger partial charge in [-0.2, -0.15) is 0 Å². The van der Waals surface area contributed by atoms with Crippen molar-refractivity contribution in [2.24, 2.45) is 11.7 Å². The van der Waals surface area contributed by atoms with Gasteiger partial charge in [0.1, 0.15) is 0 Å². The van der Waals surface area contributed by atoms with Gasteiger partial charge in [-0.05, 0) is 47.1 Å². The molecule has 1 aliphatic heterocycles. The van der Waals surface area contributed by atoms with E-state index in [0.717, 1.165) is 19.1 Å². The molecule has 100 valence electrons. The molecule has 2 rings (SSSR count). The van der Waals surface area contributed by atoms with Gasteiger partial charge in [-0.1, -0.05) is 6.92 Å². The Labute approximate surface area is 106 Å². The standard InChI is InChI=1S/C14H28N2O/c1-6-16(10-7-8-10)9-11-12(15)14(4,5)17-13(11,2)3/h10-12H,6-9,15H2,1-5H3. The fourth-order valence-electron chi connectivity index (χ4n) is 3.30. The Morgan fingerprint density at radius 3 is 2.12 bits per heavy atom. The zero-order valence-electron chi connectivity index (χ0n) is 12.0. The fraction of sp³-hybridized carbons (Fsp3) is 1.00. The van der Waals surface area contributed by atoms with Gasteiger partial charge in [0.2, 0.25) is 0 Å². The molecule has 2 unspecified atom stereocenters. The third kappa shape index (κ3) is 2.51. The van der Waals surface area contributed by atoms with E-state index < -0.39 is 0 Å². The van der Waals surface area contributed by atoms with Crippen LogP contribution in [0.3, 0.4) is 0 Å². The van der Waals surface area contributed by atoms with Crippen molar-refractivity contribution in [1.29, 1.82) is 0 Å². The first-order chi connectivity index (χ1) is 7.78. The highest BCUT2D eigenvalue weighted by Gasteiger charge is 2.52. The molecule has 1 saturated heterocycles. The van der Waals surface area contributed by atoms with Crippen molar-refractivity contribution in [3.05, 3.63) is 0 Å². The van der Waals surface area contributed by atoms with Crippen molar-refractivity contribution in [3.63, 3.8) is 0 Å². The fourth-order valence-corrected chi connectivity index (χ4v) is 3.30. The third-order valence-electron chi connectivity index (χ3n) is 4.56. The van der Waals surface area contributed by atoms with E-state index in [1.807, 2.05) is 0 Å². The van der Waals surface area contributed by atoms with E-state index in [9.17, 15) is 0 Å². The molecule has 2 fully saturated rings. The first kappa shape index (κ1) is 13.3. The van der Waals surface area contributed by atoms with Crippen LogP contribution < -0.4 is 5.73 Å². The molecule has 1 heterocycles. The second-order valence-electron chi connectivity index (χ2n) is 6.76. The van der Waals surface area contributed by atoms with E-state index in [1.165, 1.54) is 12.8 Å². The topological polar surface area (TPSA) is 38.5 Å². The predicted octanol–water partition coefficient (Wildman–Crippen LogP) is 2.00. The highest BCUT2D eigenvalue weighted by Crippen LogP contribution is 2.42. The molecule has 1 saturated carbocycles. The smallest absolute Gasteiger partial charge is 0.0788 e. The number of hydrogen-bond acceptors (Lipinski definition) is 3. The van der Waals surface area contributed by atoms with E-state index >= 15 is 0 Å². The summed E-state index contributed by atoms with van der Waals surface area (Å²) in [5.74, 6) is 0.429. The molecule has 17 heavy (non-hydrogen) atoms. The van der Waals surface area contributed by atoms with Crippen LogP contribution in [-0.4, -0.2) is 41.3 Å². The minimum absolute atomic E-state index is 0.106. The minimum atomic E-state index is -0.197. The highest BCUT2D eigenvalue weighted by molar-refractivity contribution is 5.05. The lowest BCUT2D eigenvalue weighted by atomic mass is 9.82. The Balaban J connectivity index is 2.08.